The second-order valence-electron chi connectivity index (χ2n) is 10.2. The number of ether oxygens (including phenoxy) is 3. The zero-order valence-corrected chi connectivity index (χ0v) is 23.6. The Kier molecular flexibility index (Phi) is 10.1. The molecule has 0 aliphatic carbocycles. The third-order valence-electron chi connectivity index (χ3n) is 5.76. The van der Waals surface area contributed by atoms with E-state index in [4.69, 9.17) is 18.6 Å². The number of anilines is 1. The van der Waals surface area contributed by atoms with Crippen LogP contribution >= 0.6 is 0 Å². The van der Waals surface area contributed by atoms with Gasteiger partial charge in [0.25, 0.3) is 11.8 Å². The van der Waals surface area contributed by atoms with E-state index in [1.807, 2.05) is 0 Å². The smallest absolute Gasteiger partial charge is 0.426 e. The first-order chi connectivity index (χ1) is 20.0. The van der Waals surface area contributed by atoms with Crippen LogP contribution in [0, 0.1) is 0 Å². The molecule has 15 heteroatoms. The number of fused-ring (bicyclic) bond motifs is 5. The molecule has 0 radical (unpaired) electrons. The second kappa shape index (κ2) is 13.0. The van der Waals surface area contributed by atoms with Crippen molar-refractivity contribution in [1.82, 2.24) is 15.2 Å². The summed E-state index contributed by atoms with van der Waals surface area (Å²) in [5.74, 6) is -2.70. The SMILES string of the molecule is C=C/C=C(\C=C)COC1(C(F)(F)F)C/C=C/CCCOc2nc(c(NC(=O)OC(C)(C)C)cc2C(F)(F)F)-c2nnc1o2. The van der Waals surface area contributed by atoms with Gasteiger partial charge < -0.3 is 18.6 Å². The fraction of sp³-hybridized carbons (Fsp3) is 0.429. The van der Waals surface area contributed by atoms with Crippen molar-refractivity contribution < 1.29 is 49.8 Å². The Morgan fingerprint density at radius 3 is 2.47 bits per heavy atom. The predicted octanol–water partition coefficient (Wildman–Crippen LogP) is 7.69. The number of aromatic nitrogens is 3. The largest absolute Gasteiger partial charge is 0.477 e. The molecule has 0 saturated heterocycles. The number of alkyl halides is 6. The van der Waals surface area contributed by atoms with Crippen molar-refractivity contribution in [3.63, 3.8) is 0 Å². The molecule has 2 aromatic rings. The van der Waals surface area contributed by atoms with E-state index in [0.29, 0.717) is 6.07 Å². The molecule has 43 heavy (non-hydrogen) atoms. The molecule has 9 nitrogen and oxygen atoms in total. The predicted molar refractivity (Wildman–Crippen MR) is 143 cm³/mol. The summed E-state index contributed by atoms with van der Waals surface area (Å²) in [6, 6.07) is 0.501. The van der Waals surface area contributed by atoms with Crippen molar-refractivity contribution in [2.45, 2.75) is 63.6 Å². The highest BCUT2D eigenvalue weighted by atomic mass is 19.4. The van der Waals surface area contributed by atoms with Crippen LogP contribution in [0.2, 0.25) is 0 Å². The Balaban J connectivity index is 2.26. The van der Waals surface area contributed by atoms with Crippen molar-refractivity contribution in [2.24, 2.45) is 0 Å². The number of allylic oxidation sites excluding steroid dienone is 3. The monoisotopic (exact) mass is 616 g/mol. The number of hydrogen-bond acceptors (Lipinski definition) is 8. The molecular formula is C28H30F6N4O5. The topological polar surface area (TPSA) is 109 Å². The van der Waals surface area contributed by atoms with Gasteiger partial charge in [-0.05, 0) is 45.3 Å². The Hall–Kier alpha value is -4.14. The fourth-order valence-electron chi connectivity index (χ4n) is 3.76. The number of carbonyl (C=O) groups is 1. The summed E-state index contributed by atoms with van der Waals surface area (Å²) in [5.41, 5.74) is -6.53. The van der Waals surface area contributed by atoms with E-state index in [1.54, 1.807) is 0 Å². The molecule has 3 rings (SSSR count). The number of carbonyl (C=O) groups excluding carboxylic acids is 1. The van der Waals surface area contributed by atoms with Gasteiger partial charge in [0.2, 0.25) is 11.5 Å². The third kappa shape index (κ3) is 8.24. The lowest BCUT2D eigenvalue weighted by molar-refractivity contribution is -0.289. The minimum absolute atomic E-state index is 0.143. The van der Waals surface area contributed by atoms with Gasteiger partial charge in [0.1, 0.15) is 11.2 Å². The quantitative estimate of drug-likeness (QED) is 0.200. The number of rotatable bonds is 6. The Bertz CT molecular complexity index is 1390. The third-order valence-corrected chi connectivity index (χ3v) is 5.76. The molecule has 1 atom stereocenters. The maximum atomic E-state index is 14.8. The molecule has 1 unspecified atom stereocenters. The van der Waals surface area contributed by atoms with E-state index in [9.17, 15) is 31.1 Å². The molecule has 0 fully saturated rings. The lowest BCUT2D eigenvalue weighted by Gasteiger charge is -2.32. The summed E-state index contributed by atoms with van der Waals surface area (Å²) < 4.78 is 108. The van der Waals surface area contributed by atoms with Gasteiger partial charge in [-0.1, -0.05) is 43.5 Å². The minimum atomic E-state index is -5.11. The van der Waals surface area contributed by atoms with Crippen molar-refractivity contribution in [3.8, 4) is 17.5 Å². The fourth-order valence-corrected chi connectivity index (χ4v) is 3.76. The van der Waals surface area contributed by atoms with Gasteiger partial charge in [0.05, 0.1) is 18.9 Å². The standard InChI is InChI=1S/C28H30F6N4O5/c1-6-12-17(7-2)16-41-26(28(32,33)34)13-10-8-9-11-14-40-21-18(27(29,30)31)15-19(35-24(39)43-25(3,4)5)20(36-21)22-37-38-23(26)42-22/h6-8,10,12,15H,1-2,9,11,13-14,16H2,3-5H3,(H,35,39)/b10-8+,17-12+. The zero-order chi connectivity index (χ0) is 32.1. The van der Waals surface area contributed by atoms with Crippen molar-refractivity contribution in [2.75, 3.05) is 18.5 Å². The van der Waals surface area contributed by atoms with Crippen LogP contribution in [-0.4, -0.2) is 46.3 Å². The van der Waals surface area contributed by atoms with Gasteiger partial charge >= 0.3 is 18.4 Å². The van der Waals surface area contributed by atoms with E-state index in [0.717, 1.165) is 0 Å². The molecule has 1 aliphatic heterocycles. The second-order valence-corrected chi connectivity index (χ2v) is 10.2. The van der Waals surface area contributed by atoms with E-state index in [1.165, 1.54) is 51.2 Å². The van der Waals surface area contributed by atoms with Gasteiger partial charge in [0.15, 0.2) is 5.69 Å². The summed E-state index contributed by atoms with van der Waals surface area (Å²) in [5, 5.41) is 9.36. The molecule has 3 heterocycles. The number of amides is 1. The number of nitrogens with one attached hydrogen (secondary N) is 1. The molecule has 1 N–H and O–H groups in total. The molecule has 0 aromatic carbocycles. The lowest BCUT2D eigenvalue weighted by Crippen LogP contribution is -2.45. The van der Waals surface area contributed by atoms with Crippen molar-refractivity contribution in [1.29, 1.82) is 0 Å². The van der Waals surface area contributed by atoms with Gasteiger partial charge in [0, 0.05) is 6.42 Å². The molecular weight excluding hydrogens is 586 g/mol. The van der Waals surface area contributed by atoms with E-state index in [-0.39, 0.29) is 25.0 Å². The van der Waals surface area contributed by atoms with Crippen molar-refractivity contribution in [3.05, 3.63) is 66.6 Å². The van der Waals surface area contributed by atoms with Crippen LogP contribution in [0.4, 0.5) is 36.8 Å². The Morgan fingerprint density at radius 2 is 1.86 bits per heavy atom. The maximum Gasteiger partial charge on any atom is 0.426 e. The van der Waals surface area contributed by atoms with Gasteiger partial charge in [-0.25, -0.2) is 9.78 Å². The Labute approximate surface area is 243 Å². The van der Waals surface area contributed by atoms with Gasteiger partial charge in [-0.2, -0.15) is 26.3 Å². The summed E-state index contributed by atoms with van der Waals surface area (Å²) in [6.07, 6.45) is -5.13. The molecule has 0 spiro atoms. The van der Waals surface area contributed by atoms with Crippen LogP contribution in [0.1, 0.15) is 51.5 Å². The van der Waals surface area contributed by atoms with Crippen LogP contribution in [-0.2, 0) is 21.3 Å². The van der Waals surface area contributed by atoms with Crippen LogP contribution in [0.5, 0.6) is 5.88 Å². The highest BCUT2D eigenvalue weighted by molar-refractivity contribution is 5.89. The normalized spacial score (nSPS) is 19.0. The first-order valence-electron chi connectivity index (χ1n) is 12.9. The van der Waals surface area contributed by atoms with Gasteiger partial charge in [-0.3, -0.25) is 5.32 Å². The Morgan fingerprint density at radius 1 is 1.14 bits per heavy atom. The van der Waals surface area contributed by atoms with E-state index >= 15 is 0 Å². The number of hydrogen-bond donors (Lipinski definition) is 1. The average Bonchev–Trinajstić information content (AvgIpc) is 3.36. The average molecular weight is 617 g/mol. The van der Waals surface area contributed by atoms with Crippen LogP contribution < -0.4 is 10.1 Å². The van der Waals surface area contributed by atoms with Crippen LogP contribution in [0.25, 0.3) is 11.6 Å². The van der Waals surface area contributed by atoms with Crippen LogP contribution in [0.3, 0.4) is 0 Å². The maximum absolute atomic E-state index is 14.8. The minimum Gasteiger partial charge on any atom is -0.477 e. The number of nitrogens with zero attached hydrogens (tertiary/aromatic N) is 3. The van der Waals surface area contributed by atoms with Crippen LogP contribution in [0.15, 0.2) is 59.6 Å². The highest BCUT2D eigenvalue weighted by Crippen LogP contribution is 2.47. The summed E-state index contributed by atoms with van der Waals surface area (Å²) in [7, 11) is 0. The molecule has 0 saturated carbocycles. The molecule has 1 aliphatic rings. The highest BCUT2D eigenvalue weighted by Gasteiger charge is 2.61. The first-order valence-corrected chi connectivity index (χ1v) is 12.9. The molecule has 4 bridgehead atoms. The van der Waals surface area contributed by atoms with Gasteiger partial charge in [-0.15, -0.1) is 10.2 Å². The number of pyridine rings is 1. The zero-order valence-electron chi connectivity index (χ0n) is 23.6. The summed E-state index contributed by atoms with van der Waals surface area (Å²) in [6.45, 7) is 10.8. The van der Waals surface area contributed by atoms with E-state index < -0.39 is 77.3 Å². The first kappa shape index (κ1) is 33.4. The molecule has 2 aromatic heterocycles. The van der Waals surface area contributed by atoms with Crippen molar-refractivity contribution >= 4 is 11.8 Å². The lowest BCUT2D eigenvalue weighted by atomic mass is 9.97. The number of halogens is 6. The summed E-state index contributed by atoms with van der Waals surface area (Å²) in [4.78, 5) is 16.4. The molecule has 234 valence electrons. The van der Waals surface area contributed by atoms with E-state index in [2.05, 4.69) is 33.7 Å². The molecule has 1 amide bonds. The summed E-state index contributed by atoms with van der Waals surface area (Å²) >= 11 is 0.